The first kappa shape index (κ1) is 19.3. The SMILES string of the molecule is C[C@]1(C(=O)[O-])[NH2+][C@@H](c2ccccc2O)[C@H]2C(=O)N(c3cccc4ccccc34)C(=O)[C@@H]21. The van der Waals surface area contributed by atoms with Gasteiger partial charge in [-0.1, -0.05) is 48.5 Å². The van der Waals surface area contributed by atoms with Crippen molar-refractivity contribution in [1.29, 1.82) is 0 Å². The number of carboxylic acids is 1. The molecule has 7 nitrogen and oxygen atoms in total. The lowest BCUT2D eigenvalue weighted by Crippen LogP contribution is -2.98. The van der Waals surface area contributed by atoms with E-state index in [2.05, 4.69) is 0 Å². The van der Waals surface area contributed by atoms with Crippen LogP contribution in [-0.4, -0.2) is 28.4 Å². The number of phenolic OH excluding ortho intramolecular Hbond substituents is 1. The zero-order chi connectivity index (χ0) is 21.9. The van der Waals surface area contributed by atoms with Gasteiger partial charge in [-0.25, -0.2) is 4.90 Å². The molecule has 0 spiro atoms. The molecule has 4 atom stereocenters. The normalized spacial score (nSPS) is 27.6. The van der Waals surface area contributed by atoms with Gasteiger partial charge in [0, 0.05) is 5.39 Å². The Hall–Kier alpha value is -3.71. The van der Waals surface area contributed by atoms with Crippen LogP contribution in [0.1, 0.15) is 18.5 Å². The van der Waals surface area contributed by atoms with E-state index in [1.807, 2.05) is 30.3 Å². The number of amides is 2. The molecule has 2 heterocycles. The van der Waals surface area contributed by atoms with E-state index in [4.69, 9.17) is 0 Å². The molecule has 0 aromatic heterocycles. The van der Waals surface area contributed by atoms with Gasteiger partial charge in [0.1, 0.15) is 35.1 Å². The molecule has 2 aliphatic heterocycles. The fourth-order valence-corrected chi connectivity index (χ4v) is 5.15. The van der Waals surface area contributed by atoms with Crippen molar-refractivity contribution in [2.75, 3.05) is 4.90 Å². The number of aliphatic carboxylic acids is 1. The van der Waals surface area contributed by atoms with Crippen molar-refractivity contribution in [3.05, 3.63) is 72.3 Å². The van der Waals surface area contributed by atoms with Crippen LogP contribution >= 0.6 is 0 Å². The van der Waals surface area contributed by atoms with Crippen molar-refractivity contribution >= 4 is 34.2 Å². The van der Waals surface area contributed by atoms with E-state index in [9.17, 15) is 24.6 Å². The molecule has 2 aliphatic rings. The van der Waals surface area contributed by atoms with Gasteiger partial charge in [0.2, 0.25) is 11.8 Å². The Balaban J connectivity index is 1.68. The average Bonchev–Trinajstić information content (AvgIpc) is 3.22. The monoisotopic (exact) mass is 416 g/mol. The Labute approximate surface area is 177 Å². The quantitative estimate of drug-likeness (QED) is 0.603. The first-order valence-corrected chi connectivity index (χ1v) is 10.1. The molecular weight excluding hydrogens is 396 g/mol. The van der Waals surface area contributed by atoms with Crippen LogP contribution < -0.4 is 15.3 Å². The second-order valence-electron chi connectivity index (χ2n) is 8.34. The highest BCUT2D eigenvalue weighted by Crippen LogP contribution is 2.47. The van der Waals surface area contributed by atoms with Crippen LogP contribution in [0.3, 0.4) is 0 Å². The summed E-state index contributed by atoms with van der Waals surface area (Å²) >= 11 is 0. The number of carbonyl (C=O) groups excluding carboxylic acids is 3. The number of nitrogens with two attached hydrogens (primary N) is 1. The molecule has 156 valence electrons. The third-order valence-electron chi connectivity index (χ3n) is 6.65. The van der Waals surface area contributed by atoms with Crippen molar-refractivity contribution in [3.63, 3.8) is 0 Å². The number of anilines is 1. The van der Waals surface area contributed by atoms with Gasteiger partial charge in [-0.05, 0) is 30.5 Å². The topological polar surface area (TPSA) is 114 Å². The molecular formula is C24H20N2O5. The maximum atomic E-state index is 13.6. The minimum atomic E-state index is -1.65. The van der Waals surface area contributed by atoms with Crippen LogP contribution in [0.2, 0.25) is 0 Å². The summed E-state index contributed by atoms with van der Waals surface area (Å²) in [7, 11) is 0. The summed E-state index contributed by atoms with van der Waals surface area (Å²) in [4.78, 5) is 40.5. The van der Waals surface area contributed by atoms with Gasteiger partial charge in [0.15, 0.2) is 0 Å². The summed E-state index contributed by atoms with van der Waals surface area (Å²) < 4.78 is 0. The predicted molar refractivity (Wildman–Crippen MR) is 110 cm³/mol. The number of rotatable bonds is 3. The van der Waals surface area contributed by atoms with Gasteiger partial charge >= 0.3 is 0 Å². The largest absolute Gasteiger partial charge is 0.544 e. The van der Waals surface area contributed by atoms with E-state index < -0.39 is 41.2 Å². The number of quaternary nitrogens is 1. The summed E-state index contributed by atoms with van der Waals surface area (Å²) in [5.41, 5.74) is -0.799. The molecule has 0 unspecified atom stereocenters. The Bertz CT molecular complexity index is 1250. The third kappa shape index (κ3) is 2.60. The number of phenols is 1. The van der Waals surface area contributed by atoms with Crippen molar-refractivity contribution in [3.8, 4) is 5.75 Å². The van der Waals surface area contributed by atoms with E-state index in [-0.39, 0.29) is 5.75 Å². The number of hydrogen-bond acceptors (Lipinski definition) is 5. The second-order valence-corrected chi connectivity index (χ2v) is 8.34. The van der Waals surface area contributed by atoms with E-state index in [0.717, 1.165) is 15.7 Å². The van der Waals surface area contributed by atoms with Gasteiger partial charge in [-0.2, -0.15) is 0 Å². The van der Waals surface area contributed by atoms with Gasteiger partial charge in [0.25, 0.3) is 0 Å². The van der Waals surface area contributed by atoms with E-state index in [1.165, 1.54) is 18.3 Å². The first-order valence-electron chi connectivity index (χ1n) is 10.1. The first-order chi connectivity index (χ1) is 14.8. The molecule has 7 heteroatoms. The maximum absolute atomic E-state index is 13.6. The molecule has 2 saturated heterocycles. The second kappa shape index (κ2) is 6.65. The summed E-state index contributed by atoms with van der Waals surface area (Å²) in [6.07, 6.45) is 0. The lowest BCUT2D eigenvalue weighted by atomic mass is 9.80. The zero-order valence-corrected chi connectivity index (χ0v) is 16.7. The minimum Gasteiger partial charge on any atom is -0.544 e. The summed E-state index contributed by atoms with van der Waals surface area (Å²) in [6.45, 7) is 1.41. The van der Waals surface area contributed by atoms with Crippen LogP contribution in [0, 0.1) is 11.8 Å². The molecule has 0 saturated carbocycles. The molecule has 3 aromatic rings. The van der Waals surface area contributed by atoms with E-state index >= 15 is 0 Å². The van der Waals surface area contributed by atoms with Crippen molar-refractivity contribution in [1.82, 2.24) is 0 Å². The van der Waals surface area contributed by atoms with Crippen LogP contribution in [-0.2, 0) is 14.4 Å². The molecule has 3 aromatic carbocycles. The number of aromatic hydroxyl groups is 1. The zero-order valence-electron chi connectivity index (χ0n) is 16.7. The Morgan fingerprint density at radius 3 is 2.42 bits per heavy atom. The summed E-state index contributed by atoms with van der Waals surface area (Å²) in [5.74, 6) is -4.56. The molecule has 3 N–H and O–H groups in total. The van der Waals surface area contributed by atoms with Gasteiger partial charge in [-0.3, -0.25) is 9.59 Å². The maximum Gasteiger partial charge on any atom is 0.244 e. The fourth-order valence-electron chi connectivity index (χ4n) is 5.15. The molecule has 2 fully saturated rings. The molecule has 0 radical (unpaired) electrons. The standard InChI is InChI=1S/C24H20N2O5/c1-24(23(30)31)19-18(20(25-24)15-10-4-5-12-17(15)27)21(28)26(22(19)29)16-11-6-8-13-7-2-3-9-14(13)16/h2-12,18-20,25,27H,1H3,(H,30,31)/t18-,19+,20-,24-/m0/s1. The molecule has 2 amide bonds. The van der Waals surface area contributed by atoms with Crippen molar-refractivity contribution in [2.45, 2.75) is 18.5 Å². The van der Waals surface area contributed by atoms with Crippen LogP contribution in [0.25, 0.3) is 10.8 Å². The molecule has 0 aliphatic carbocycles. The highest BCUT2D eigenvalue weighted by molar-refractivity contribution is 6.26. The van der Waals surface area contributed by atoms with Crippen molar-refractivity contribution < 1.29 is 29.9 Å². The summed E-state index contributed by atoms with van der Waals surface area (Å²) in [6, 6.07) is 18.5. The van der Waals surface area contributed by atoms with Crippen LogP contribution in [0.5, 0.6) is 5.75 Å². The Morgan fingerprint density at radius 1 is 1.00 bits per heavy atom. The Morgan fingerprint density at radius 2 is 1.68 bits per heavy atom. The predicted octanol–water partition coefficient (Wildman–Crippen LogP) is 0.478. The summed E-state index contributed by atoms with van der Waals surface area (Å²) in [5, 5.41) is 25.6. The number of nitrogens with zero attached hydrogens (tertiary/aromatic N) is 1. The van der Waals surface area contributed by atoms with E-state index in [0.29, 0.717) is 11.3 Å². The number of benzene rings is 3. The van der Waals surface area contributed by atoms with Crippen LogP contribution in [0.4, 0.5) is 5.69 Å². The Kier molecular flexibility index (Phi) is 4.13. The number of para-hydroxylation sites is 1. The highest BCUT2D eigenvalue weighted by atomic mass is 16.4. The smallest absolute Gasteiger partial charge is 0.244 e. The van der Waals surface area contributed by atoms with Gasteiger partial charge in [-0.15, -0.1) is 0 Å². The molecule has 0 bridgehead atoms. The average molecular weight is 416 g/mol. The number of fused-ring (bicyclic) bond motifs is 2. The minimum absolute atomic E-state index is 0.0473. The number of carboxylic acid groups (broad SMARTS) is 1. The number of imide groups is 1. The van der Waals surface area contributed by atoms with Gasteiger partial charge < -0.3 is 20.3 Å². The lowest BCUT2D eigenvalue weighted by molar-refractivity contribution is -0.735. The third-order valence-corrected chi connectivity index (χ3v) is 6.65. The fraction of sp³-hybridized carbons (Fsp3) is 0.208. The highest BCUT2D eigenvalue weighted by Gasteiger charge is 2.68. The molecule has 31 heavy (non-hydrogen) atoms. The lowest BCUT2D eigenvalue weighted by Gasteiger charge is -2.29. The van der Waals surface area contributed by atoms with E-state index in [1.54, 1.807) is 30.3 Å². The van der Waals surface area contributed by atoms with Gasteiger partial charge in [0.05, 0.1) is 11.3 Å². The van der Waals surface area contributed by atoms with Crippen molar-refractivity contribution in [2.24, 2.45) is 11.8 Å². The van der Waals surface area contributed by atoms with Crippen LogP contribution in [0.15, 0.2) is 66.7 Å². The number of carbonyl (C=O) groups is 3. The molecule has 5 rings (SSSR count). The number of hydrogen-bond donors (Lipinski definition) is 2.